The predicted molar refractivity (Wildman–Crippen MR) is 60.8 cm³/mol. The molecule has 2 nitrogen and oxygen atoms in total. The van der Waals surface area contributed by atoms with Gasteiger partial charge in [0.25, 0.3) is 0 Å². The first kappa shape index (κ1) is 11.1. The SMILES string of the molecule is C=CC(C)(O)CNc1ccccc1Cl. The van der Waals surface area contributed by atoms with E-state index in [4.69, 9.17) is 11.6 Å². The number of hydrogen-bond donors (Lipinski definition) is 2. The maximum atomic E-state index is 9.65. The standard InChI is InChI=1S/C11H14ClNO/c1-3-11(2,14)8-13-10-7-5-4-6-9(10)12/h3-7,13-14H,1,8H2,2H3. The molecular weight excluding hydrogens is 198 g/mol. The second kappa shape index (κ2) is 4.49. The minimum atomic E-state index is -0.917. The highest BCUT2D eigenvalue weighted by molar-refractivity contribution is 6.33. The van der Waals surface area contributed by atoms with Crippen molar-refractivity contribution in [2.45, 2.75) is 12.5 Å². The molecule has 1 rings (SSSR count). The Morgan fingerprint density at radius 3 is 2.79 bits per heavy atom. The Kier molecular flexibility index (Phi) is 3.55. The van der Waals surface area contributed by atoms with Crippen LogP contribution in [0.2, 0.25) is 5.02 Å². The van der Waals surface area contributed by atoms with Gasteiger partial charge in [-0.15, -0.1) is 6.58 Å². The fourth-order valence-corrected chi connectivity index (χ4v) is 1.15. The number of nitrogens with one attached hydrogen (secondary N) is 1. The zero-order chi connectivity index (χ0) is 10.6. The van der Waals surface area contributed by atoms with Crippen LogP contribution in [-0.4, -0.2) is 17.3 Å². The molecule has 0 saturated carbocycles. The summed E-state index contributed by atoms with van der Waals surface area (Å²) in [6.07, 6.45) is 1.50. The van der Waals surface area contributed by atoms with Crippen LogP contribution in [0.3, 0.4) is 0 Å². The molecule has 0 heterocycles. The number of benzene rings is 1. The minimum Gasteiger partial charge on any atom is -0.384 e. The van der Waals surface area contributed by atoms with Gasteiger partial charge in [-0.1, -0.05) is 29.8 Å². The normalized spacial score (nSPS) is 14.5. The first-order chi connectivity index (χ1) is 6.55. The van der Waals surface area contributed by atoms with Crippen molar-refractivity contribution in [1.82, 2.24) is 0 Å². The fraction of sp³-hybridized carbons (Fsp3) is 0.273. The lowest BCUT2D eigenvalue weighted by atomic mass is 10.1. The Bertz CT molecular complexity index is 323. The van der Waals surface area contributed by atoms with E-state index in [0.717, 1.165) is 5.69 Å². The molecule has 2 N–H and O–H groups in total. The maximum absolute atomic E-state index is 9.65. The number of rotatable bonds is 4. The van der Waals surface area contributed by atoms with Crippen LogP contribution < -0.4 is 5.32 Å². The second-order valence-electron chi connectivity index (χ2n) is 3.39. The second-order valence-corrected chi connectivity index (χ2v) is 3.80. The van der Waals surface area contributed by atoms with Gasteiger partial charge in [0.2, 0.25) is 0 Å². The van der Waals surface area contributed by atoms with Crippen molar-refractivity contribution >= 4 is 17.3 Å². The number of halogens is 1. The minimum absolute atomic E-state index is 0.389. The van der Waals surface area contributed by atoms with E-state index in [9.17, 15) is 5.11 Å². The summed E-state index contributed by atoms with van der Waals surface area (Å²) in [4.78, 5) is 0. The maximum Gasteiger partial charge on any atom is 0.0968 e. The van der Waals surface area contributed by atoms with Gasteiger partial charge in [0, 0.05) is 6.54 Å². The molecule has 0 radical (unpaired) electrons. The van der Waals surface area contributed by atoms with Gasteiger partial charge in [-0.3, -0.25) is 0 Å². The topological polar surface area (TPSA) is 32.3 Å². The van der Waals surface area contributed by atoms with Gasteiger partial charge in [-0.25, -0.2) is 0 Å². The molecule has 0 aliphatic rings. The monoisotopic (exact) mass is 211 g/mol. The third-order valence-corrected chi connectivity index (χ3v) is 2.28. The molecule has 0 spiro atoms. The van der Waals surface area contributed by atoms with Crippen LogP contribution >= 0.6 is 11.6 Å². The van der Waals surface area contributed by atoms with E-state index in [-0.39, 0.29) is 0 Å². The quantitative estimate of drug-likeness (QED) is 0.751. The molecule has 0 aliphatic carbocycles. The van der Waals surface area contributed by atoms with E-state index in [1.807, 2.05) is 18.2 Å². The highest BCUT2D eigenvalue weighted by Gasteiger charge is 2.14. The summed E-state index contributed by atoms with van der Waals surface area (Å²) in [5.74, 6) is 0. The van der Waals surface area contributed by atoms with Crippen LogP contribution in [0.4, 0.5) is 5.69 Å². The Balaban J connectivity index is 2.62. The lowest BCUT2D eigenvalue weighted by Crippen LogP contribution is -2.30. The summed E-state index contributed by atoms with van der Waals surface area (Å²) in [7, 11) is 0. The zero-order valence-electron chi connectivity index (χ0n) is 8.13. The van der Waals surface area contributed by atoms with Crippen molar-refractivity contribution in [2.75, 3.05) is 11.9 Å². The molecule has 0 aromatic heterocycles. The average Bonchev–Trinajstić information content (AvgIpc) is 2.17. The Labute approximate surface area is 89.2 Å². The zero-order valence-corrected chi connectivity index (χ0v) is 8.88. The molecule has 0 saturated heterocycles. The van der Waals surface area contributed by atoms with E-state index >= 15 is 0 Å². The van der Waals surface area contributed by atoms with Crippen LogP contribution in [0.5, 0.6) is 0 Å². The predicted octanol–water partition coefficient (Wildman–Crippen LogP) is 2.69. The number of para-hydroxylation sites is 1. The van der Waals surface area contributed by atoms with Gasteiger partial charge < -0.3 is 10.4 Å². The lowest BCUT2D eigenvalue weighted by molar-refractivity contribution is 0.126. The van der Waals surface area contributed by atoms with Crippen molar-refractivity contribution in [1.29, 1.82) is 0 Å². The first-order valence-corrected chi connectivity index (χ1v) is 4.77. The average molecular weight is 212 g/mol. The molecule has 0 amide bonds. The van der Waals surface area contributed by atoms with Gasteiger partial charge in [-0.05, 0) is 19.1 Å². The van der Waals surface area contributed by atoms with E-state index in [0.29, 0.717) is 11.6 Å². The van der Waals surface area contributed by atoms with Crippen molar-refractivity contribution in [2.24, 2.45) is 0 Å². The molecule has 1 unspecified atom stereocenters. The molecule has 1 atom stereocenters. The van der Waals surface area contributed by atoms with Crippen molar-refractivity contribution in [3.05, 3.63) is 41.9 Å². The Hall–Kier alpha value is -0.990. The van der Waals surface area contributed by atoms with Gasteiger partial charge in [0.1, 0.15) is 0 Å². The van der Waals surface area contributed by atoms with Gasteiger partial charge in [0.05, 0.1) is 16.3 Å². The highest BCUT2D eigenvalue weighted by Crippen LogP contribution is 2.21. The summed E-state index contributed by atoms with van der Waals surface area (Å²) in [6.45, 7) is 5.62. The number of anilines is 1. The third kappa shape index (κ3) is 3.05. The van der Waals surface area contributed by atoms with Crippen LogP contribution in [0.25, 0.3) is 0 Å². The van der Waals surface area contributed by atoms with E-state index in [2.05, 4.69) is 11.9 Å². The van der Waals surface area contributed by atoms with E-state index in [1.54, 1.807) is 13.0 Å². The number of hydrogen-bond acceptors (Lipinski definition) is 2. The molecular formula is C11H14ClNO. The number of aliphatic hydroxyl groups is 1. The lowest BCUT2D eigenvalue weighted by Gasteiger charge is -2.20. The van der Waals surface area contributed by atoms with Gasteiger partial charge >= 0.3 is 0 Å². The van der Waals surface area contributed by atoms with Crippen molar-refractivity contribution < 1.29 is 5.11 Å². The first-order valence-electron chi connectivity index (χ1n) is 4.39. The highest BCUT2D eigenvalue weighted by atomic mass is 35.5. The summed E-state index contributed by atoms with van der Waals surface area (Å²) in [5.41, 5.74) is -0.101. The van der Waals surface area contributed by atoms with Crippen LogP contribution in [0.1, 0.15) is 6.92 Å². The molecule has 0 bridgehead atoms. The molecule has 0 fully saturated rings. The Morgan fingerprint density at radius 2 is 2.21 bits per heavy atom. The molecule has 1 aromatic rings. The van der Waals surface area contributed by atoms with Crippen LogP contribution in [-0.2, 0) is 0 Å². The van der Waals surface area contributed by atoms with Gasteiger partial charge in [-0.2, -0.15) is 0 Å². The molecule has 1 aromatic carbocycles. The fourth-order valence-electron chi connectivity index (χ4n) is 0.951. The summed E-state index contributed by atoms with van der Waals surface area (Å²) in [5, 5.41) is 13.3. The molecule has 14 heavy (non-hydrogen) atoms. The van der Waals surface area contributed by atoms with Crippen LogP contribution in [0, 0.1) is 0 Å². The van der Waals surface area contributed by atoms with Crippen molar-refractivity contribution in [3.63, 3.8) is 0 Å². The molecule has 76 valence electrons. The van der Waals surface area contributed by atoms with Crippen molar-refractivity contribution in [3.8, 4) is 0 Å². The Morgan fingerprint density at radius 1 is 1.57 bits per heavy atom. The summed E-state index contributed by atoms with van der Waals surface area (Å²) < 4.78 is 0. The van der Waals surface area contributed by atoms with Gasteiger partial charge in [0.15, 0.2) is 0 Å². The summed E-state index contributed by atoms with van der Waals surface area (Å²) >= 11 is 5.93. The van der Waals surface area contributed by atoms with E-state index in [1.165, 1.54) is 6.08 Å². The van der Waals surface area contributed by atoms with Crippen LogP contribution in [0.15, 0.2) is 36.9 Å². The smallest absolute Gasteiger partial charge is 0.0968 e. The third-order valence-electron chi connectivity index (χ3n) is 1.95. The molecule has 0 aliphatic heterocycles. The van der Waals surface area contributed by atoms with E-state index < -0.39 is 5.60 Å². The largest absolute Gasteiger partial charge is 0.384 e. The molecule has 3 heteroatoms. The summed E-state index contributed by atoms with van der Waals surface area (Å²) in [6, 6.07) is 7.41.